The molecular formula is C14H12FNO2. The summed E-state index contributed by atoms with van der Waals surface area (Å²) >= 11 is 0. The maximum atomic E-state index is 12.7. The van der Waals surface area contributed by atoms with Gasteiger partial charge in [0.25, 0.3) is 0 Å². The first kappa shape index (κ1) is 12.1. The molecule has 2 rings (SSSR count). The Balaban J connectivity index is 2.16. The van der Waals surface area contributed by atoms with Crippen LogP contribution < -0.4 is 9.90 Å². The fraction of sp³-hybridized carbons (Fsp3) is 0.0714. The Bertz CT molecular complexity index is 522. The summed E-state index contributed by atoms with van der Waals surface area (Å²) in [7, 11) is 0. The van der Waals surface area contributed by atoms with Gasteiger partial charge in [0.05, 0.1) is 5.69 Å². The van der Waals surface area contributed by atoms with Crippen molar-refractivity contribution < 1.29 is 14.0 Å². The van der Waals surface area contributed by atoms with E-state index in [1.54, 1.807) is 12.1 Å². The zero-order chi connectivity index (χ0) is 13.0. The smallest absolute Gasteiger partial charge is 0.247 e. The molecule has 0 fully saturated rings. The van der Waals surface area contributed by atoms with Crippen molar-refractivity contribution in [2.75, 3.05) is 5.06 Å². The molecule has 2 aromatic rings. The summed E-state index contributed by atoms with van der Waals surface area (Å²) in [6.07, 6.45) is 0.564. The van der Waals surface area contributed by atoms with E-state index >= 15 is 0 Å². The van der Waals surface area contributed by atoms with Crippen molar-refractivity contribution in [2.45, 2.75) is 6.92 Å². The number of amides is 1. The monoisotopic (exact) mass is 245 g/mol. The van der Waals surface area contributed by atoms with Gasteiger partial charge in [-0.1, -0.05) is 17.7 Å². The third-order valence-electron chi connectivity index (χ3n) is 2.40. The minimum Gasteiger partial charge on any atom is -0.372 e. The minimum atomic E-state index is -0.352. The van der Waals surface area contributed by atoms with E-state index in [4.69, 9.17) is 4.84 Å². The lowest BCUT2D eigenvalue weighted by molar-refractivity contribution is -0.111. The number of benzene rings is 2. The Labute approximate surface area is 104 Å². The van der Waals surface area contributed by atoms with Crippen molar-refractivity contribution >= 4 is 12.1 Å². The number of rotatable bonds is 4. The molecule has 0 aliphatic rings. The Kier molecular flexibility index (Phi) is 3.57. The number of hydrogen-bond acceptors (Lipinski definition) is 2. The highest BCUT2D eigenvalue weighted by Crippen LogP contribution is 2.18. The van der Waals surface area contributed by atoms with Crippen LogP contribution in [-0.2, 0) is 4.79 Å². The first-order valence-corrected chi connectivity index (χ1v) is 5.44. The highest BCUT2D eigenvalue weighted by molar-refractivity contribution is 5.72. The minimum absolute atomic E-state index is 0.352. The fourth-order valence-corrected chi connectivity index (χ4v) is 1.44. The van der Waals surface area contributed by atoms with Crippen LogP contribution in [0, 0.1) is 12.7 Å². The van der Waals surface area contributed by atoms with Crippen molar-refractivity contribution in [1.29, 1.82) is 0 Å². The lowest BCUT2D eigenvalue weighted by Gasteiger charge is -2.17. The van der Waals surface area contributed by atoms with Gasteiger partial charge < -0.3 is 4.84 Å². The number of hydrogen-bond donors (Lipinski definition) is 0. The molecule has 0 bridgehead atoms. The molecule has 4 heteroatoms. The number of hydroxylamine groups is 1. The van der Waals surface area contributed by atoms with Gasteiger partial charge in [0, 0.05) is 0 Å². The van der Waals surface area contributed by atoms with Crippen LogP contribution in [0.25, 0.3) is 0 Å². The van der Waals surface area contributed by atoms with Crippen molar-refractivity contribution in [3.63, 3.8) is 0 Å². The Morgan fingerprint density at radius 1 is 1.06 bits per heavy atom. The van der Waals surface area contributed by atoms with Gasteiger partial charge >= 0.3 is 0 Å². The maximum absolute atomic E-state index is 12.7. The topological polar surface area (TPSA) is 29.5 Å². The zero-order valence-corrected chi connectivity index (χ0v) is 9.84. The van der Waals surface area contributed by atoms with E-state index in [9.17, 15) is 9.18 Å². The Morgan fingerprint density at radius 2 is 1.67 bits per heavy atom. The fourth-order valence-electron chi connectivity index (χ4n) is 1.44. The number of carbonyl (C=O) groups is 1. The summed E-state index contributed by atoms with van der Waals surface area (Å²) in [6, 6.07) is 12.8. The van der Waals surface area contributed by atoms with Crippen LogP contribution in [0.1, 0.15) is 5.56 Å². The van der Waals surface area contributed by atoms with Crippen molar-refractivity contribution in [1.82, 2.24) is 0 Å². The number of aryl methyl sites for hydroxylation is 1. The van der Waals surface area contributed by atoms with E-state index in [-0.39, 0.29) is 5.82 Å². The molecule has 1 amide bonds. The van der Waals surface area contributed by atoms with Crippen LogP contribution in [0.5, 0.6) is 5.75 Å². The van der Waals surface area contributed by atoms with Crippen LogP contribution in [0.2, 0.25) is 0 Å². The molecule has 3 nitrogen and oxygen atoms in total. The van der Waals surface area contributed by atoms with E-state index in [0.29, 0.717) is 17.8 Å². The van der Waals surface area contributed by atoms with Gasteiger partial charge in [0.2, 0.25) is 6.41 Å². The van der Waals surface area contributed by atoms with Crippen molar-refractivity contribution in [2.24, 2.45) is 0 Å². The zero-order valence-electron chi connectivity index (χ0n) is 9.84. The largest absolute Gasteiger partial charge is 0.372 e. The van der Waals surface area contributed by atoms with Crippen molar-refractivity contribution in [3.05, 3.63) is 59.9 Å². The molecule has 0 aliphatic carbocycles. The highest BCUT2D eigenvalue weighted by Gasteiger charge is 2.07. The van der Waals surface area contributed by atoms with Gasteiger partial charge in [0.1, 0.15) is 5.82 Å². The average Bonchev–Trinajstić information content (AvgIpc) is 2.39. The van der Waals surface area contributed by atoms with Gasteiger partial charge in [-0.2, -0.15) is 0 Å². The van der Waals surface area contributed by atoms with E-state index in [2.05, 4.69) is 0 Å². The molecule has 0 radical (unpaired) electrons. The summed E-state index contributed by atoms with van der Waals surface area (Å²) in [5, 5.41) is 1.09. The molecule has 0 saturated heterocycles. The van der Waals surface area contributed by atoms with Crippen LogP contribution in [0.15, 0.2) is 48.5 Å². The van der Waals surface area contributed by atoms with Gasteiger partial charge in [-0.05, 0) is 43.3 Å². The second kappa shape index (κ2) is 5.31. The molecule has 0 N–H and O–H groups in total. The predicted octanol–water partition coefficient (Wildman–Crippen LogP) is 3.09. The van der Waals surface area contributed by atoms with E-state index in [1.807, 2.05) is 19.1 Å². The molecule has 2 aromatic carbocycles. The van der Waals surface area contributed by atoms with E-state index in [0.717, 1.165) is 10.6 Å². The van der Waals surface area contributed by atoms with E-state index in [1.165, 1.54) is 24.3 Å². The third kappa shape index (κ3) is 2.85. The number of anilines is 1. The molecule has 0 saturated carbocycles. The quantitative estimate of drug-likeness (QED) is 0.612. The maximum Gasteiger partial charge on any atom is 0.247 e. The van der Waals surface area contributed by atoms with Crippen molar-refractivity contribution in [3.8, 4) is 5.75 Å². The normalized spacial score (nSPS) is 9.89. The number of carbonyl (C=O) groups excluding carboxylic acids is 1. The molecule has 18 heavy (non-hydrogen) atoms. The van der Waals surface area contributed by atoms with Crippen LogP contribution in [0.3, 0.4) is 0 Å². The molecular weight excluding hydrogens is 233 g/mol. The Hall–Kier alpha value is -2.36. The summed E-state index contributed by atoms with van der Waals surface area (Å²) in [5.41, 5.74) is 1.70. The number of halogens is 1. The van der Waals surface area contributed by atoms with Gasteiger partial charge in [-0.25, -0.2) is 4.39 Å². The summed E-state index contributed by atoms with van der Waals surface area (Å²) in [6.45, 7) is 1.95. The summed E-state index contributed by atoms with van der Waals surface area (Å²) < 4.78 is 12.7. The Morgan fingerprint density at radius 3 is 2.22 bits per heavy atom. The SMILES string of the molecule is Cc1ccc(N(C=O)Oc2ccc(F)cc2)cc1. The first-order valence-electron chi connectivity index (χ1n) is 5.44. The van der Waals surface area contributed by atoms with Crippen LogP contribution in [0.4, 0.5) is 10.1 Å². The van der Waals surface area contributed by atoms with Gasteiger partial charge in [-0.15, -0.1) is 5.06 Å². The molecule has 0 heterocycles. The second-order valence-electron chi connectivity index (χ2n) is 3.81. The molecule has 0 unspecified atom stereocenters. The summed E-state index contributed by atoms with van der Waals surface area (Å²) in [4.78, 5) is 16.3. The van der Waals surface area contributed by atoms with Gasteiger partial charge in [-0.3, -0.25) is 4.79 Å². The predicted molar refractivity (Wildman–Crippen MR) is 66.8 cm³/mol. The lowest BCUT2D eigenvalue weighted by atomic mass is 10.2. The van der Waals surface area contributed by atoms with Crippen LogP contribution >= 0.6 is 0 Å². The highest BCUT2D eigenvalue weighted by atomic mass is 19.1. The molecule has 92 valence electrons. The molecule has 0 aromatic heterocycles. The number of nitrogens with zero attached hydrogens (tertiary/aromatic N) is 1. The molecule has 0 spiro atoms. The van der Waals surface area contributed by atoms with Crippen LogP contribution in [-0.4, -0.2) is 6.41 Å². The van der Waals surface area contributed by atoms with Gasteiger partial charge in [0.15, 0.2) is 5.75 Å². The first-order chi connectivity index (χ1) is 8.69. The standard InChI is InChI=1S/C14H12FNO2/c1-11-2-6-13(7-3-11)16(10-17)18-14-8-4-12(15)5-9-14/h2-10H,1H3. The average molecular weight is 245 g/mol. The molecule has 0 aliphatic heterocycles. The lowest BCUT2D eigenvalue weighted by Crippen LogP contribution is -2.25. The molecule has 0 atom stereocenters. The second-order valence-corrected chi connectivity index (χ2v) is 3.81. The third-order valence-corrected chi connectivity index (χ3v) is 2.40. The van der Waals surface area contributed by atoms with E-state index < -0.39 is 0 Å². The summed E-state index contributed by atoms with van der Waals surface area (Å²) in [5.74, 6) is 0.0411.